The molecule has 0 bridgehead atoms. The Morgan fingerprint density at radius 3 is 2.00 bits per heavy atom. The fourth-order valence-electron chi connectivity index (χ4n) is 2.98. The lowest BCUT2D eigenvalue weighted by molar-refractivity contribution is -0.124. The van der Waals surface area contributed by atoms with Crippen molar-refractivity contribution in [3.8, 4) is 0 Å². The topological polar surface area (TPSA) is 20.3 Å². The van der Waals surface area contributed by atoms with Gasteiger partial charge in [-0.25, -0.2) is 0 Å². The van der Waals surface area contributed by atoms with Crippen molar-refractivity contribution >= 4 is 5.91 Å². The SMILES string of the molecule is CCCCCC=CCCCCCCC=CC=CC(=O)N1CCCC1. The number of amides is 1. The second-order valence-electron chi connectivity index (χ2n) is 6.78. The summed E-state index contributed by atoms with van der Waals surface area (Å²) in [5.74, 6) is 0.167. The molecule has 1 heterocycles. The number of carbonyl (C=O) groups excluding carboxylic acids is 1. The monoisotopic (exact) mass is 331 g/mol. The van der Waals surface area contributed by atoms with E-state index in [4.69, 9.17) is 0 Å². The second kappa shape index (κ2) is 15.2. The number of hydrogen-bond donors (Lipinski definition) is 0. The quantitative estimate of drug-likeness (QED) is 0.170. The maximum Gasteiger partial charge on any atom is 0.246 e. The van der Waals surface area contributed by atoms with Crippen LogP contribution in [0.2, 0.25) is 0 Å². The summed E-state index contributed by atoms with van der Waals surface area (Å²) in [5.41, 5.74) is 0. The molecule has 1 saturated heterocycles. The lowest BCUT2D eigenvalue weighted by Gasteiger charge is -2.11. The van der Waals surface area contributed by atoms with Crippen LogP contribution < -0.4 is 0 Å². The van der Waals surface area contributed by atoms with Gasteiger partial charge in [-0.2, -0.15) is 0 Å². The summed E-state index contributed by atoms with van der Waals surface area (Å²) in [6.07, 6.45) is 27.7. The van der Waals surface area contributed by atoms with Gasteiger partial charge in [-0.1, -0.05) is 63.0 Å². The van der Waals surface area contributed by atoms with Crippen LogP contribution in [-0.2, 0) is 4.79 Å². The molecule has 1 aliphatic heterocycles. The molecule has 0 aliphatic carbocycles. The largest absolute Gasteiger partial charge is 0.339 e. The van der Waals surface area contributed by atoms with Crippen molar-refractivity contribution in [2.24, 2.45) is 0 Å². The van der Waals surface area contributed by atoms with Gasteiger partial charge < -0.3 is 4.90 Å². The number of likely N-dealkylation sites (tertiary alicyclic amines) is 1. The molecule has 0 aromatic rings. The van der Waals surface area contributed by atoms with Gasteiger partial charge >= 0.3 is 0 Å². The lowest BCUT2D eigenvalue weighted by Crippen LogP contribution is -2.25. The second-order valence-corrected chi connectivity index (χ2v) is 6.78. The zero-order valence-electron chi connectivity index (χ0n) is 15.7. The maximum absolute atomic E-state index is 11.8. The predicted octanol–water partition coefficient (Wildman–Crippen LogP) is 6.20. The molecule has 0 saturated carbocycles. The fraction of sp³-hybridized carbons (Fsp3) is 0.682. The molecular weight excluding hydrogens is 294 g/mol. The van der Waals surface area contributed by atoms with Gasteiger partial charge in [0.1, 0.15) is 0 Å². The van der Waals surface area contributed by atoms with Gasteiger partial charge in [-0.3, -0.25) is 4.79 Å². The first-order valence-electron chi connectivity index (χ1n) is 10.1. The third-order valence-corrected chi connectivity index (χ3v) is 4.54. The number of nitrogens with zero attached hydrogens (tertiary/aromatic N) is 1. The molecule has 0 atom stereocenters. The summed E-state index contributed by atoms with van der Waals surface area (Å²) < 4.78 is 0. The summed E-state index contributed by atoms with van der Waals surface area (Å²) >= 11 is 0. The molecule has 1 fully saturated rings. The number of unbranched alkanes of at least 4 members (excludes halogenated alkanes) is 8. The van der Waals surface area contributed by atoms with Crippen LogP contribution in [0.3, 0.4) is 0 Å². The average Bonchev–Trinajstić information content (AvgIpc) is 3.13. The molecular formula is C22H37NO. The minimum Gasteiger partial charge on any atom is -0.339 e. The molecule has 24 heavy (non-hydrogen) atoms. The molecule has 0 aromatic heterocycles. The van der Waals surface area contributed by atoms with E-state index in [0.29, 0.717) is 0 Å². The third kappa shape index (κ3) is 11.3. The van der Waals surface area contributed by atoms with Crippen molar-refractivity contribution in [2.45, 2.75) is 84.0 Å². The zero-order valence-corrected chi connectivity index (χ0v) is 15.7. The Morgan fingerprint density at radius 2 is 1.38 bits per heavy atom. The van der Waals surface area contributed by atoms with E-state index in [-0.39, 0.29) is 5.91 Å². The van der Waals surface area contributed by atoms with Crippen LogP contribution in [0.25, 0.3) is 0 Å². The van der Waals surface area contributed by atoms with Crippen LogP contribution in [0.5, 0.6) is 0 Å². The number of carbonyl (C=O) groups is 1. The highest BCUT2D eigenvalue weighted by atomic mass is 16.2. The van der Waals surface area contributed by atoms with Gasteiger partial charge in [0.15, 0.2) is 0 Å². The van der Waals surface area contributed by atoms with Gasteiger partial charge in [0, 0.05) is 19.2 Å². The molecule has 2 nitrogen and oxygen atoms in total. The van der Waals surface area contributed by atoms with Crippen LogP contribution in [0.15, 0.2) is 36.5 Å². The van der Waals surface area contributed by atoms with Gasteiger partial charge in [-0.05, 0) is 51.4 Å². The third-order valence-electron chi connectivity index (χ3n) is 4.54. The molecule has 0 unspecified atom stereocenters. The minimum absolute atomic E-state index is 0.167. The van der Waals surface area contributed by atoms with Gasteiger partial charge in [0.25, 0.3) is 0 Å². The zero-order chi connectivity index (χ0) is 17.3. The molecule has 136 valence electrons. The van der Waals surface area contributed by atoms with Gasteiger partial charge in [-0.15, -0.1) is 0 Å². The van der Waals surface area contributed by atoms with Crippen molar-refractivity contribution in [3.05, 3.63) is 36.5 Å². The number of rotatable bonds is 13. The van der Waals surface area contributed by atoms with E-state index >= 15 is 0 Å². The average molecular weight is 332 g/mol. The highest BCUT2D eigenvalue weighted by Gasteiger charge is 2.14. The standard InChI is InChI=1S/C22H37NO/c1-2-3-4-5-6-7-8-9-10-11-12-13-14-15-16-19-22(24)23-20-17-18-21-23/h6-7,14-16,19H,2-5,8-13,17-18,20-21H2,1H3. The van der Waals surface area contributed by atoms with Crippen LogP contribution >= 0.6 is 0 Å². The Hall–Kier alpha value is -1.31. The van der Waals surface area contributed by atoms with Crippen molar-refractivity contribution in [1.29, 1.82) is 0 Å². The van der Waals surface area contributed by atoms with Crippen molar-refractivity contribution in [1.82, 2.24) is 4.90 Å². The van der Waals surface area contributed by atoms with Gasteiger partial charge in [0.05, 0.1) is 0 Å². The van der Waals surface area contributed by atoms with E-state index in [2.05, 4.69) is 25.2 Å². The van der Waals surface area contributed by atoms with Crippen molar-refractivity contribution in [2.75, 3.05) is 13.1 Å². The smallest absolute Gasteiger partial charge is 0.246 e. The Labute approximate surface area is 149 Å². The van der Waals surface area contributed by atoms with Crippen LogP contribution in [0, 0.1) is 0 Å². The Bertz CT molecular complexity index is 389. The number of allylic oxidation sites excluding steroid dienone is 5. The summed E-state index contributed by atoms with van der Waals surface area (Å²) in [6, 6.07) is 0. The maximum atomic E-state index is 11.8. The van der Waals surface area contributed by atoms with Gasteiger partial charge in [0.2, 0.25) is 5.91 Å². The number of hydrogen-bond acceptors (Lipinski definition) is 1. The highest BCUT2D eigenvalue weighted by molar-refractivity contribution is 5.88. The van der Waals surface area contributed by atoms with Crippen LogP contribution in [0.4, 0.5) is 0 Å². The Kier molecular flexibility index (Phi) is 13.2. The molecule has 1 aliphatic rings. The first kappa shape index (κ1) is 20.7. The molecule has 0 radical (unpaired) electrons. The molecule has 1 amide bonds. The molecule has 1 rings (SSSR count). The van der Waals surface area contributed by atoms with E-state index in [9.17, 15) is 4.79 Å². The van der Waals surface area contributed by atoms with E-state index in [1.807, 2.05) is 17.1 Å². The normalized spacial score (nSPS) is 15.5. The summed E-state index contributed by atoms with van der Waals surface area (Å²) in [5, 5.41) is 0. The first-order valence-corrected chi connectivity index (χ1v) is 10.1. The molecule has 0 spiro atoms. The highest BCUT2D eigenvalue weighted by Crippen LogP contribution is 2.09. The molecule has 0 aromatic carbocycles. The molecule has 0 N–H and O–H groups in total. The first-order chi connectivity index (χ1) is 11.8. The van der Waals surface area contributed by atoms with E-state index in [1.165, 1.54) is 57.8 Å². The summed E-state index contributed by atoms with van der Waals surface area (Å²) in [7, 11) is 0. The lowest BCUT2D eigenvalue weighted by atomic mass is 10.1. The van der Waals surface area contributed by atoms with Crippen molar-refractivity contribution < 1.29 is 4.79 Å². The van der Waals surface area contributed by atoms with Crippen LogP contribution in [0.1, 0.15) is 84.0 Å². The summed E-state index contributed by atoms with van der Waals surface area (Å²) in [6.45, 7) is 4.12. The van der Waals surface area contributed by atoms with E-state index in [1.54, 1.807) is 6.08 Å². The van der Waals surface area contributed by atoms with Crippen molar-refractivity contribution in [3.63, 3.8) is 0 Å². The minimum atomic E-state index is 0.167. The van der Waals surface area contributed by atoms with Crippen LogP contribution in [-0.4, -0.2) is 23.9 Å². The predicted molar refractivity (Wildman–Crippen MR) is 105 cm³/mol. The Morgan fingerprint density at radius 1 is 0.792 bits per heavy atom. The van der Waals surface area contributed by atoms with E-state index < -0.39 is 0 Å². The Balaban J connectivity index is 1.88. The summed E-state index contributed by atoms with van der Waals surface area (Å²) in [4.78, 5) is 13.7. The fourth-order valence-corrected chi connectivity index (χ4v) is 2.98. The molecule has 2 heteroatoms. The van der Waals surface area contributed by atoms with E-state index in [0.717, 1.165) is 32.4 Å².